The third-order valence-corrected chi connectivity index (χ3v) is 5.89. The summed E-state index contributed by atoms with van der Waals surface area (Å²) in [5.74, 6) is -0.355. The molecule has 0 saturated carbocycles. The maximum atomic E-state index is 12.7. The van der Waals surface area contributed by atoms with Crippen molar-refractivity contribution in [1.29, 1.82) is 5.26 Å². The topological polar surface area (TPSA) is 56.1 Å². The molecule has 9 heteroatoms. The van der Waals surface area contributed by atoms with Gasteiger partial charge in [0.2, 0.25) is 0 Å². The van der Waals surface area contributed by atoms with Crippen LogP contribution in [0.15, 0.2) is 42.5 Å². The van der Waals surface area contributed by atoms with Gasteiger partial charge >= 0.3 is 6.18 Å². The Labute approximate surface area is 188 Å². The standard InChI is InChI=1S/C22H20Cl2F3N3O/c23-18-9-16(10-19(24)11-18)20(31)29-14-21(13-28)5-7-30(8-6-21)12-15-1-3-17(4-2-15)22(25,26)27/h1-4,9-11H,5-8,12,14H2,(H,29,31). The van der Waals surface area contributed by atoms with Gasteiger partial charge < -0.3 is 5.32 Å². The SMILES string of the molecule is N#CC1(CNC(=O)c2cc(Cl)cc(Cl)c2)CCN(Cc2ccc(C(F)(F)F)cc2)CC1. The van der Waals surface area contributed by atoms with Crippen LogP contribution in [-0.2, 0) is 12.7 Å². The first-order valence-corrected chi connectivity index (χ1v) is 10.4. The molecule has 1 saturated heterocycles. The highest BCUT2D eigenvalue weighted by molar-refractivity contribution is 6.35. The van der Waals surface area contributed by atoms with Crippen LogP contribution in [0.2, 0.25) is 10.0 Å². The molecule has 0 spiro atoms. The lowest BCUT2D eigenvalue weighted by molar-refractivity contribution is -0.137. The van der Waals surface area contributed by atoms with Gasteiger partial charge in [0.15, 0.2) is 0 Å². The van der Waals surface area contributed by atoms with Crippen molar-refractivity contribution in [2.75, 3.05) is 19.6 Å². The van der Waals surface area contributed by atoms with Crippen molar-refractivity contribution in [1.82, 2.24) is 10.2 Å². The quantitative estimate of drug-likeness (QED) is 0.624. The fourth-order valence-electron chi connectivity index (χ4n) is 3.56. The first-order chi connectivity index (χ1) is 14.6. The summed E-state index contributed by atoms with van der Waals surface area (Å²) in [7, 11) is 0. The number of alkyl halides is 3. The zero-order valence-corrected chi connectivity index (χ0v) is 18.0. The summed E-state index contributed by atoms with van der Waals surface area (Å²) in [6, 6.07) is 12.0. The van der Waals surface area contributed by atoms with Gasteiger partial charge in [-0.2, -0.15) is 18.4 Å². The number of halogens is 5. The Hall–Kier alpha value is -2.27. The van der Waals surface area contributed by atoms with Gasteiger partial charge in [0.1, 0.15) is 0 Å². The summed E-state index contributed by atoms with van der Waals surface area (Å²) in [6.07, 6.45) is -3.27. The Kier molecular flexibility index (Phi) is 7.15. The van der Waals surface area contributed by atoms with E-state index in [1.807, 2.05) is 0 Å². The van der Waals surface area contributed by atoms with Gasteiger partial charge in [0.05, 0.1) is 17.0 Å². The van der Waals surface area contributed by atoms with Crippen LogP contribution in [0.25, 0.3) is 0 Å². The highest BCUT2D eigenvalue weighted by Crippen LogP contribution is 2.32. The molecule has 1 N–H and O–H groups in total. The van der Waals surface area contributed by atoms with Crippen molar-refractivity contribution in [2.24, 2.45) is 5.41 Å². The highest BCUT2D eigenvalue weighted by Gasteiger charge is 2.35. The summed E-state index contributed by atoms with van der Waals surface area (Å²) in [6.45, 7) is 1.91. The fourth-order valence-corrected chi connectivity index (χ4v) is 4.09. The number of nitrogens with zero attached hydrogens (tertiary/aromatic N) is 2. The molecule has 0 bridgehead atoms. The average molecular weight is 470 g/mol. The van der Waals surface area contributed by atoms with Gasteiger partial charge in [-0.05, 0) is 48.7 Å². The van der Waals surface area contributed by atoms with Gasteiger partial charge in [-0.3, -0.25) is 9.69 Å². The predicted molar refractivity (Wildman–Crippen MR) is 113 cm³/mol. The van der Waals surface area contributed by atoms with Crippen LogP contribution in [0, 0.1) is 16.7 Å². The molecule has 3 rings (SSSR count). The minimum atomic E-state index is -4.35. The molecular formula is C22H20Cl2F3N3O. The molecule has 0 unspecified atom stereocenters. The van der Waals surface area contributed by atoms with E-state index in [0.29, 0.717) is 48.1 Å². The van der Waals surface area contributed by atoms with Crippen molar-refractivity contribution in [2.45, 2.75) is 25.6 Å². The van der Waals surface area contributed by atoms with E-state index in [1.54, 1.807) is 0 Å². The minimum absolute atomic E-state index is 0.195. The molecule has 0 aliphatic carbocycles. The van der Waals surface area contributed by atoms with Crippen LogP contribution < -0.4 is 5.32 Å². The molecule has 1 aliphatic rings. The number of benzene rings is 2. The molecule has 0 radical (unpaired) electrons. The van der Waals surface area contributed by atoms with Crippen molar-refractivity contribution in [3.8, 4) is 6.07 Å². The Morgan fingerprint density at radius 2 is 1.68 bits per heavy atom. The lowest BCUT2D eigenvalue weighted by atomic mass is 9.79. The second-order valence-corrected chi connectivity index (χ2v) is 8.58. The van der Waals surface area contributed by atoms with Gasteiger partial charge in [0, 0.05) is 41.8 Å². The number of hydrogen-bond donors (Lipinski definition) is 1. The Morgan fingerprint density at radius 1 is 1.10 bits per heavy atom. The molecule has 31 heavy (non-hydrogen) atoms. The number of hydrogen-bond acceptors (Lipinski definition) is 3. The lowest BCUT2D eigenvalue weighted by Gasteiger charge is -2.37. The van der Waals surface area contributed by atoms with Crippen molar-refractivity contribution < 1.29 is 18.0 Å². The maximum Gasteiger partial charge on any atom is 0.416 e. The van der Waals surface area contributed by atoms with E-state index in [-0.39, 0.29) is 12.5 Å². The Balaban J connectivity index is 1.55. The minimum Gasteiger partial charge on any atom is -0.350 e. The molecule has 1 aliphatic heterocycles. The summed E-state index contributed by atoms with van der Waals surface area (Å²) >= 11 is 11.9. The van der Waals surface area contributed by atoms with Crippen LogP contribution >= 0.6 is 23.2 Å². The summed E-state index contributed by atoms with van der Waals surface area (Å²) < 4.78 is 38.1. The number of amides is 1. The average Bonchev–Trinajstić information content (AvgIpc) is 2.72. The molecule has 2 aromatic rings. The normalized spacial score (nSPS) is 16.5. The zero-order valence-electron chi connectivity index (χ0n) is 16.5. The summed E-state index contributed by atoms with van der Waals surface area (Å²) in [4.78, 5) is 14.5. The number of rotatable bonds is 5. The molecule has 1 fully saturated rings. The molecular weight excluding hydrogens is 450 g/mol. The first kappa shape index (κ1) is 23.4. The fraction of sp³-hybridized carbons (Fsp3) is 0.364. The molecule has 0 aromatic heterocycles. The van der Waals surface area contributed by atoms with E-state index in [4.69, 9.17) is 23.2 Å². The largest absolute Gasteiger partial charge is 0.416 e. The lowest BCUT2D eigenvalue weighted by Crippen LogP contribution is -2.45. The maximum absolute atomic E-state index is 12.7. The third-order valence-electron chi connectivity index (χ3n) is 5.45. The highest BCUT2D eigenvalue weighted by atomic mass is 35.5. The van der Waals surface area contributed by atoms with E-state index in [1.165, 1.54) is 30.3 Å². The smallest absolute Gasteiger partial charge is 0.350 e. The Morgan fingerprint density at radius 3 is 2.19 bits per heavy atom. The number of nitriles is 1. The summed E-state index contributed by atoms with van der Waals surface area (Å²) in [5, 5.41) is 13.2. The van der Waals surface area contributed by atoms with E-state index in [9.17, 15) is 23.2 Å². The first-order valence-electron chi connectivity index (χ1n) is 9.64. The van der Waals surface area contributed by atoms with Crippen molar-refractivity contribution in [3.05, 3.63) is 69.2 Å². The van der Waals surface area contributed by atoms with Crippen LogP contribution in [0.5, 0.6) is 0 Å². The summed E-state index contributed by atoms with van der Waals surface area (Å²) in [5.41, 5.74) is -0.265. The molecule has 4 nitrogen and oxygen atoms in total. The van der Waals surface area contributed by atoms with Gasteiger partial charge in [-0.15, -0.1) is 0 Å². The second kappa shape index (κ2) is 9.47. The monoisotopic (exact) mass is 469 g/mol. The van der Waals surface area contributed by atoms with Crippen LogP contribution in [0.3, 0.4) is 0 Å². The van der Waals surface area contributed by atoms with E-state index in [0.717, 1.165) is 17.7 Å². The van der Waals surface area contributed by atoms with E-state index >= 15 is 0 Å². The molecule has 1 heterocycles. The predicted octanol–water partition coefficient (Wildman–Crippen LogP) is 5.55. The third kappa shape index (κ3) is 6.13. The Bertz CT molecular complexity index is 959. The number of piperidine rings is 1. The number of carbonyl (C=O) groups excluding carboxylic acids is 1. The number of carbonyl (C=O) groups is 1. The number of likely N-dealkylation sites (tertiary alicyclic amines) is 1. The van der Waals surface area contributed by atoms with Crippen LogP contribution in [-0.4, -0.2) is 30.4 Å². The molecule has 2 aromatic carbocycles. The molecule has 1 amide bonds. The van der Waals surface area contributed by atoms with E-state index in [2.05, 4.69) is 16.3 Å². The molecule has 164 valence electrons. The van der Waals surface area contributed by atoms with Crippen LogP contribution in [0.1, 0.15) is 34.3 Å². The second-order valence-electron chi connectivity index (χ2n) is 7.70. The number of nitrogens with one attached hydrogen (secondary N) is 1. The van der Waals surface area contributed by atoms with Gasteiger partial charge in [-0.1, -0.05) is 35.3 Å². The zero-order chi connectivity index (χ0) is 22.6. The van der Waals surface area contributed by atoms with Crippen molar-refractivity contribution in [3.63, 3.8) is 0 Å². The van der Waals surface area contributed by atoms with Crippen LogP contribution in [0.4, 0.5) is 13.2 Å². The van der Waals surface area contributed by atoms with Crippen molar-refractivity contribution >= 4 is 29.1 Å². The van der Waals surface area contributed by atoms with E-state index < -0.39 is 17.2 Å². The van der Waals surface area contributed by atoms with Gasteiger partial charge in [-0.25, -0.2) is 0 Å². The van der Waals surface area contributed by atoms with Gasteiger partial charge in [0.25, 0.3) is 5.91 Å². The molecule has 0 atom stereocenters.